The Morgan fingerprint density at radius 2 is 2.06 bits per heavy atom. The van der Waals surface area contributed by atoms with Gasteiger partial charge < -0.3 is 10.1 Å². The Labute approximate surface area is 185 Å². The average molecular weight is 455 g/mol. The number of ether oxygens (including phenoxy) is 1. The van der Waals surface area contributed by atoms with Crippen molar-refractivity contribution in [3.63, 3.8) is 0 Å². The molecule has 0 saturated carbocycles. The molecule has 12 heteroatoms. The highest BCUT2D eigenvalue weighted by Gasteiger charge is 2.19. The van der Waals surface area contributed by atoms with Gasteiger partial charge in [-0.1, -0.05) is 23.7 Å². The smallest absolute Gasteiger partial charge is 0.294 e. The third-order valence-electron chi connectivity index (χ3n) is 4.61. The summed E-state index contributed by atoms with van der Waals surface area (Å²) in [6, 6.07) is 10.7. The van der Waals surface area contributed by atoms with Gasteiger partial charge in [0.2, 0.25) is 5.91 Å². The highest BCUT2D eigenvalue weighted by atomic mass is 35.5. The van der Waals surface area contributed by atoms with E-state index in [2.05, 4.69) is 15.4 Å². The number of nitrogens with zero attached hydrogens (tertiary/aromatic N) is 5. The van der Waals surface area contributed by atoms with Crippen LogP contribution in [0.25, 0.3) is 16.7 Å². The Morgan fingerprint density at radius 1 is 1.28 bits per heavy atom. The van der Waals surface area contributed by atoms with Crippen LogP contribution in [-0.2, 0) is 11.3 Å². The fourth-order valence-electron chi connectivity index (χ4n) is 3.16. The van der Waals surface area contributed by atoms with Gasteiger partial charge in [-0.25, -0.2) is 9.67 Å². The van der Waals surface area contributed by atoms with Gasteiger partial charge in [0.25, 0.3) is 11.2 Å². The van der Waals surface area contributed by atoms with E-state index in [0.29, 0.717) is 16.5 Å². The predicted molar refractivity (Wildman–Crippen MR) is 116 cm³/mol. The topological polar surface area (TPSA) is 134 Å². The van der Waals surface area contributed by atoms with Crippen LogP contribution in [0.4, 0.5) is 11.4 Å². The molecule has 162 valence electrons. The molecule has 0 bridgehead atoms. The largest absolute Gasteiger partial charge is 0.495 e. The number of nitro groups is 1. The van der Waals surface area contributed by atoms with Crippen molar-refractivity contribution in [2.45, 2.75) is 6.54 Å². The quantitative estimate of drug-likeness (QED) is 0.349. The van der Waals surface area contributed by atoms with E-state index in [1.165, 1.54) is 48.6 Å². The van der Waals surface area contributed by atoms with Crippen LogP contribution in [-0.4, -0.2) is 37.3 Å². The molecule has 2 aromatic carbocycles. The van der Waals surface area contributed by atoms with Gasteiger partial charge in [0, 0.05) is 11.1 Å². The molecule has 0 aliphatic carbocycles. The molecule has 0 fully saturated rings. The third-order valence-corrected chi connectivity index (χ3v) is 4.85. The number of nitro benzene ring substituents is 1. The second kappa shape index (κ2) is 8.47. The summed E-state index contributed by atoms with van der Waals surface area (Å²) in [6.45, 7) is -0.325. The highest BCUT2D eigenvalue weighted by molar-refractivity contribution is 6.31. The van der Waals surface area contributed by atoms with Crippen molar-refractivity contribution < 1.29 is 14.5 Å². The summed E-state index contributed by atoms with van der Waals surface area (Å²) >= 11 is 5.97. The van der Waals surface area contributed by atoms with Gasteiger partial charge in [-0.2, -0.15) is 5.10 Å². The minimum Gasteiger partial charge on any atom is -0.495 e. The number of hydrogen-bond donors (Lipinski definition) is 1. The molecule has 1 amide bonds. The molecule has 11 nitrogen and oxygen atoms in total. The first-order valence-electron chi connectivity index (χ1n) is 9.19. The average Bonchev–Trinajstić information content (AvgIpc) is 3.20. The summed E-state index contributed by atoms with van der Waals surface area (Å²) < 4.78 is 7.52. The van der Waals surface area contributed by atoms with E-state index in [4.69, 9.17) is 16.3 Å². The second-order valence-corrected chi connectivity index (χ2v) is 7.05. The highest BCUT2D eigenvalue weighted by Crippen LogP contribution is 2.27. The van der Waals surface area contributed by atoms with Gasteiger partial charge in [-0.3, -0.25) is 24.3 Å². The molecule has 32 heavy (non-hydrogen) atoms. The number of hydrogen-bond acceptors (Lipinski definition) is 7. The van der Waals surface area contributed by atoms with Crippen molar-refractivity contribution in [2.75, 3.05) is 12.4 Å². The van der Waals surface area contributed by atoms with E-state index >= 15 is 0 Å². The van der Waals surface area contributed by atoms with Crippen LogP contribution < -0.4 is 15.6 Å². The zero-order valence-electron chi connectivity index (χ0n) is 16.6. The Bertz CT molecular complexity index is 1410. The molecular formula is C20H15ClN6O5. The van der Waals surface area contributed by atoms with Gasteiger partial charge in [0.15, 0.2) is 5.65 Å². The summed E-state index contributed by atoms with van der Waals surface area (Å²) in [7, 11) is 1.45. The van der Waals surface area contributed by atoms with Crippen LogP contribution in [0.2, 0.25) is 5.02 Å². The van der Waals surface area contributed by atoms with Gasteiger partial charge in [0.1, 0.15) is 29.7 Å². The molecule has 0 atom stereocenters. The lowest BCUT2D eigenvalue weighted by Crippen LogP contribution is -2.28. The second-order valence-electron chi connectivity index (χ2n) is 6.61. The number of benzene rings is 2. The van der Waals surface area contributed by atoms with Crippen molar-refractivity contribution in [3.8, 4) is 11.4 Å². The van der Waals surface area contributed by atoms with Gasteiger partial charge >= 0.3 is 0 Å². The molecule has 2 heterocycles. The maximum absolute atomic E-state index is 12.9. The van der Waals surface area contributed by atoms with Crippen LogP contribution in [0, 0.1) is 10.1 Å². The first-order chi connectivity index (χ1) is 15.4. The number of halogens is 1. The van der Waals surface area contributed by atoms with Crippen molar-refractivity contribution in [3.05, 3.63) is 80.5 Å². The number of rotatable bonds is 6. The lowest BCUT2D eigenvalue weighted by Gasteiger charge is -2.11. The minimum absolute atomic E-state index is 0.110. The number of nitrogens with one attached hydrogen (secondary N) is 1. The van der Waals surface area contributed by atoms with E-state index < -0.39 is 16.4 Å². The molecule has 0 saturated heterocycles. The molecule has 0 radical (unpaired) electrons. The molecule has 4 rings (SSSR count). The van der Waals surface area contributed by atoms with Gasteiger partial charge in [0.05, 0.1) is 23.9 Å². The number of anilines is 1. The number of carbonyl (C=O) groups excluding carboxylic acids is 1. The zero-order chi connectivity index (χ0) is 22.8. The van der Waals surface area contributed by atoms with Crippen molar-refractivity contribution in [1.82, 2.24) is 19.3 Å². The molecule has 0 unspecified atom stereocenters. The molecule has 1 N–H and O–H groups in total. The lowest BCUT2D eigenvalue weighted by molar-refractivity contribution is -0.384. The summed E-state index contributed by atoms with van der Waals surface area (Å²) in [5, 5.41) is 18.6. The number of fused-ring (bicyclic) bond motifs is 1. The monoisotopic (exact) mass is 454 g/mol. The van der Waals surface area contributed by atoms with Crippen molar-refractivity contribution >= 4 is 39.9 Å². The summed E-state index contributed by atoms with van der Waals surface area (Å²) in [6.07, 6.45) is 2.45. The number of methoxy groups -OCH3 is 1. The third kappa shape index (κ3) is 3.88. The van der Waals surface area contributed by atoms with Crippen molar-refractivity contribution in [1.29, 1.82) is 0 Å². The van der Waals surface area contributed by atoms with Crippen molar-refractivity contribution in [2.24, 2.45) is 0 Å². The lowest BCUT2D eigenvalue weighted by atomic mass is 10.2. The zero-order valence-corrected chi connectivity index (χ0v) is 17.3. The molecule has 0 aliphatic heterocycles. The van der Waals surface area contributed by atoms with E-state index in [1.807, 2.05) is 0 Å². The molecule has 4 aromatic rings. The summed E-state index contributed by atoms with van der Waals surface area (Å²) in [5.74, 6) is -0.0886. The Balaban J connectivity index is 1.65. The molecule has 0 aliphatic rings. The standard InChI is InChI=1S/C20H15ClN6O5/c1-32-17-7-6-12(21)8-14(17)24-18(28)10-25-11-22-19-13(20(25)29)9-23-26(19)15-4-2-3-5-16(15)27(30)31/h2-9,11H,10H2,1H3,(H,24,28). The van der Waals surface area contributed by atoms with Crippen LogP contribution >= 0.6 is 11.6 Å². The van der Waals surface area contributed by atoms with E-state index in [-0.39, 0.29) is 29.0 Å². The molecule has 0 spiro atoms. The number of carbonyl (C=O) groups is 1. The fraction of sp³-hybridized carbons (Fsp3) is 0.100. The number of aromatic nitrogens is 4. The van der Waals surface area contributed by atoms with E-state index in [9.17, 15) is 19.7 Å². The van der Waals surface area contributed by atoms with E-state index in [1.54, 1.807) is 18.2 Å². The predicted octanol–water partition coefficient (Wildman–Crippen LogP) is 2.79. The summed E-state index contributed by atoms with van der Waals surface area (Å²) in [4.78, 5) is 40.4. The Hall–Kier alpha value is -4.25. The number of para-hydroxylation sites is 2. The number of amides is 1. The van der Waals surface area contributed by atoms with Crippen LogP contribution in [0.1, 0.15) is 0 Å². The molecular weight excluding hydrogens is 440 g/mol. The van der Waals surface area contributed by atoms with Crippen LogP contribution in [0.15, 0.2) is 59.8 Å². The van der Waals surface area contributed by atoms with Crippen LogP contribution in [0.5, 0.6) is 5.75 Å². The molecule has 2 aromatic heterocycles. The fourth-order valence-corrected chi connectivity index (χ4v) is 3.33. The minimum atomic E-state index is -0.543. The van der Waals surface area contributed by atoms with Gasteiger partial charge in [-0.05, 0) is 24.3 Å². The normalized spacial score (nSPS) is 10.8. The maximum atomic E-state index is 12.9. The Morgan fingerprint density at radius 3 is 2.81 bits per heavy atom. The van der Waals surface area contributed by atoms with Crippen LogP contribution in [0.3, 0.4) is 0 Å². The van der Waals surface area contributed by atoms with E-state index in [0.717, 1.165) is 4.57 Å². The summed E-state index contributed by atoms with van der Waals surface area (Å²) in [5.41, 5.74) is -0.0388. The maximum Gasteiger partial charge on any atom is 0.294 e. The SMILES string of the molecule is COc1ccc(Cl)cc1NC(=O)Cn1cnc2c(cnn2-c2ccccc2[N+](=O)[O-])c1=O. The first kappa shape index (κ1) is 21.0. The Kier molecular flexibility index (Phi) is 5.56. The first-order valence-corrected chi connectivity index (χ1v) is 9.57. The van der Waals surface area contributed by atoms with Gasteiger partial charge in [-0.15, -0.1) is 0 Å².